The summed E-state index contributed by atoms with van der Waals surface area (Å²) in [6.07, 6.45) is 1.02. The van der Waals surface area contributed by atoms with Crippen molar-refractivity contribution in [2.45, 2.75) is 51.1 Å². The molecule has 0 aliphatic rings. The van der Waals surface area contributed by atoms with Crippen molar-refractivity contribution >= 4 is 27.5 Å². The zero-order chi connectivity index (χ0) is 30.8. The predicted octanol–water partition coefficient (Wildman–Crippen LogP) is 5.67. The summed E-state index contributed by atoms with van der Waals surface area (Å²) in [5, 5.41) is 2.97. The Morgan fingerprint density at radius 2 is 1.40 bits per heavy atom. The predicted molar refractivity (Wildman–Crippen MR) is 171 cm³/mol. The van der Waals surface area contributed by atoms with E-state index < -0.39 is 28.5 Å². The Kier molecular flexibility index (Phi) is 10.7. The van der Waals surface area contributed by atoms with Crippen molar-refractivity contribution in [2.75, 3.05) is 17.4 Å². The molecular weight excluding hydrogens is 558 g/mol. The number of amides is 2. The third-order valence-corrected chi connectivity index (χ3v) is 9.14. The van der Waals surface area contributed by atoms with Gasteiger partial charge in [0.15, 0.2) is 0 Å². The number of sulfonamides is 1. The van der Waals surface area contributed by atoms with Gasteiger partial charge in [-0.05, 0) is 61.2 Å². The number of rotatable bonds is 13. The maximum atomic E-state index is 14.4. The number of anilines is 1. The molecule has 0 saturated heterocycles. The van der Waals surface area contributed by atoms with Gasteiger partial charge in [0.25, 0.3) is 10.0 Å². The number of hydrogen-bond donors (Lipinski definition) is 1. The van der Waals surface area contributed by atoms with E-state index in [9.17, 15) is 18.0 Å². The fraction of sp³-hybridized carbons (Fsp3) is 0.257. The number of nitrogens with one attached hydrogen (secondary N) is 1. The second-order valence-electron chi connectivity index (χ2n) is 10.6. The lowest BCUT2D eigenvalue weighted by Crippen LogP contribution is -2.53. The molecule has 1 unspecified atom stereocenters. The molecule has 8 heteroatoms. The summed E-state index contributed by atoms with van der Waals surface area (Å²) < 4.78 is 29.2. The Bertz CT molecular complexity index is 1610. The molecule has 4 aromatic rings. The van der Waals surface area contributed by atoms with Crippen molar-refractivity contribution in [3.63, 3.8) is 0 Å². The smallest absolute Gasteiger partial charge is 0.264 e. The molecule has 0 aliphatic heterocycles. The SMILES string of the molecule is CCCNC(=O)C(Cc1ccccc1)N(Cc1ccccc1C)C(=O)CN(c1ccccc1)S(=O)(=O)c1ccc(C)cc1. The number of para-hydroxylation sites is 1. The molecule has 0 saturated carbocycles. The van der Waals surface area contributed by atoms with Crippen LogP contribution in [0.2, 0.25) is 0 Å². The van der Waals surface area contributed by atoms with Crippen LogP contribution in [0.15, 0.2) is 114 Å². The van der Waals surface area contributed by atoms with Crippen LogP contribution in [-0.4, -0.2) is 44.3 Å². The third-order valence-electron chi connectivity index (χ3n) is 7.35. The lowest BCUT2D eigenvalue weighted by Gasteiger charge is -2.34. The van der Waals surface area contributed by atoms with Gasteiger partial charge in [-0.1, -0.05) is 97.4 Å². The van der Waals surface area contributed by atoms with Gasteiger partial charge < -0.3 is 10.2 Å². The van der Waals surface area contributed by atoms with Crippen molar-refractivity contribution < 1.29 is 18.0 Å². The first-order valence-corrected chi connectivity index (χ1v) is 15.9. The number of carbonyl (C=O) groups is 2. The second kappa shape index (κ2) is 14.6. The Hall–Kier alpha value is -4.43. The fourth-order valence-electron chi connectivity index (χ4n) is 4.85. The van der Waals surface area contributed by atoms with E-state index in [0.29, 0.717) is 12.2 Å². The van der Waals surface area contributed by atoms with Gasteiger partial charge in [-0.3, -0.25) is 13.9 Å². The topological polar surface area (TPSA) is 86.8 Å². The molecule has 0 bridgehead atoms. The van der Waals surface area contributed by atoms with Crippen LogP contribution < -0.4 is 9.62 Å². The molecule has 0 spiro atoms. The molecule has 43 heavy (non-hydrogen) atoms. The van der Waals surface area contributed by atoms with E-state index in [1.807, 2.05) is 75.4 Å². The molecule has 1 N–H and O–H groups in total. The molecule has 0 aliphatic carbocycles. The lowest BCUT2D eigenvalue weighted by atomic mass is 10.0. The number of benzene rings is 4. The zero-order valence-corrected chi connectivity index (χ0v) is 25.8. The second-order valence-corrected chi connectivity index (χ2v) is 12.5. The maximum Gasteiger partial charge on any atom is 0.264 e. The highest BCUT2D eigenvalue weighted by Crippen LogP contribution is 2.25. The maximum absolute atomic E-state index is 14.4. The summed E-state index contributed by atoms with van der Waals surface area (Å²) in [7, 11) is -4.11. The molecule has 0 aromatic heterocycles. The van der Waals surface area contributed by atoms with Crippen molar-refractivity contribution in [1.82, 2.24) is 10.2 Å². The van der Waals surface area contributed by atoms with E-state index in [2.05, 4.69) is 5.32 Å². The summed E-state index contributed by atoms with van der Waals surface area (Å²) in [6.45, 7) is 5.95. The van der Waals surface area contributed by atoms with Crippen molar-refractivity contribution in [2.24, 2.45) is 0 Å². The molecule has 224 valence electrons. The zero-order valence-electron chi connectivity index (χ0n) is 24.9. The highest BCUT2D eigenvalue weighted by Gasteiger charge is 2.34. The first kappa shape index (κ1) is 31.5. The highest BCUT2D eigenvalue weighted by atomic mass is 32.2. The number of hydrogen-bond acceptors (Lipinski definition) is 4. The van der Waals surface area contributed by atoms with Crippen molar-refractivity contribution in [1.29, 1.82) is 0 Å². The highest BCUT2D eigenvalue weighted by molar-refractivity contribution is 7.92. The summed E-state index contributed by atoms with van der Waals surface area (Å²) in [5.74, 6) is -0.754. The molecule has 2 amide bonds. The van der Waals surface area contributed by atoms with E-state index in [-0.39, 0.29) is 23.8 Å². The summed E-state index contributed by atoms with van der Waals surface area (Å²) in [4.78, 5) is 29.7. The standard InChI is InChI=1S/C35H39N3O4S/c1-4-23-36-35(40)33(24-29-14-7-5-8-15-29)37(25-30-16-12-11-13-28(30)3)34(39)26-38(31-17-9-6-10-18-31)43(41,42)32-21-19-27(2)20-22-32/h5-22,33H,4,23-26H2,1-3H3,(H,36,40). The summed E-state index contributed by atoms with van der Waals surface area (Å²) >= 11 is 0. The third kappa shape index (κ3) is 8.11. The first-order chi connectivity index (χ1) is 20.7. The molecule has 0 heterocycles. The van der Waals surface area contributed by atoms with E-state index in [0.717, 1.165) is 33.0 Å². The van der Waals surface area contributed by atoms with Crippen LogP contribution in [0.1, 0.15) is 35.6 Å². The number of aryl methyl sites for hydroxylation is 2. The van der Waals surface area contributed by atoms with Gasteiger partial charge in [0.2, 0.25) is 11.8 Å². The Labute approximate surface area is 255 Å². The molecule has 4 aromatic carbocycles. The molecule has 0 fully saturated rings. The van der Waals surface area contributed by atoms with E-state index >= 15 is 0 Å². The number of nitrogens with zero attached hydrogens (tertiary/aromatic N) is 2. The minimum atomic E-state index is -4.11. The van der Waals surface area contributed by atoms with E-state index in [1.54, 1.807) is 54.6 Å². The van der Waals surface area contributed by atoms with Crippen molar-refractivity contribution in [3.8, 4) is 0 Å². The minimum Gasteiger partial charge on any atom is -0.354 e. The van der Waals surface area contributed by atoms with E-state index in [1.165, 1.54) is 4.90 Å². The minimum absolute atomic E-state index is 0.0849. The largest absolute Gasteiger partial charge is 0.354 e. The average Bonchev–Trinajstić information content (AvgIpc) is 3.02. The monoisotopic (exact) mass is 597 g/mol. The van der Waals surface area contributed by atoms with Crippen LogP contribution in [0.4, 0.5) is 5.69 Å². The average molecular weight is 598 g/mol. The van der Waals surface area contributed by atoms with Crippen LogP contribution in [0.25, 0.3) is 0 Å². The molecule has 1 atom stereocenters. The first-order valence-electron chi connectivity index (χ1n) is 14.5. The summed E-state index contributed by atoms with van der Waals surface area (Å²) in [6, 6.07) is 31.5. The van der Waals surface area contributed by atoms with Crippen molar-refractivity contribution in [3.05, 3.63) is 131 Å². The molecule has 7 nitrogen and oxygen atoms in total. The lowest BCUT2D eigenvalue weighted by molar-refractivity contribution is -0.140. The Morgan fingerprint density at radius 1 is 0.791 bits per heavy atom. The number of carbonyl (C=O) groups excluding carboxylic acids is 2. The Balaban J connectivity index is 1.78. The normalized spacial score (nSPS) is 11.9. The summed E-state index contributed by atoms with van der Waals surface area (Å²) in [5.41, 5.74) is 4.04. The van der Waals surface area contributed by atoms with Crippen LogP contribution in [-0.2, 0) is 32.6 Å². The van der Waals surface area contributed by atoms with Crippen LogP contribution in [0.3, 0.4) is 0 Å². The van der Waals surface area contributed by atoms with Gasteiger partial charge in [-0.2, -0.15) is 0 Å². The fourth-order valence-corrected chi connectivity index (χ4v) is 6.27. The van der Waals surface area contributed by atoms with Gasteiger partial charge in [0, 0.05) is 19.5 Å². The van der Waals surface area contributed by atoms with E-state index in [4.69, 9.17) is 0 Å². The molecule has 4 rings (SSSR count). The molecular formula is C35H39N3O4S. The van der Waals surface area contributed by atoms with Crippen LogP contribution >= 0.6 is 0 Å². The van der Waals surface area contributed by atoms with Gasteiger partial charge in [-0.25, -0.2) is 8.42 Å². The van der Waals surface area contributed by atoms with Gasteiger partial charge >= 0.3 is 0 Å². The quantitative estimate of drug-likeness (QED) is 0.215. The van der Waals surface area contributed by atoms with Gasteiger partial charge in [0.1, 0.15) is 12.6 Å². The molecule has 0 radical (unpaired) electrons. The van der Waals surface area contributed by atoms with Gasteiger partial charge in [0.05, 0.1) is 10.6 Å². The van der Waals surface area contributed by atoms with Gasteiger partial charge in [-0.15, -0.1) is 0 Å². The van der Waals surface area contributed by atoms with Crippen LogP contribution in [0.5, 0.6) is 0 Å². The Morgan fingerprint density at radius 3 is 2.02 bits per heavy atom. The van der Waals surface area contributed by atoms with Crippen LogP contribution in [0, 0.1) is 13.8 Å².